The number of rotatable bonds is 11. The summed E-state index contributed by atoms with van der Waals surface area (Å²) in [7, 11) is 3.60. The van der Waals surface area contributed by atoms with E-state index in [1.807, 2.05) is 57.0 Å². The second-order valence-electron chi connectivity index (χ2n) is 7.38. The summed E-state index contributed by atoms with van der Waals surface area (Å²) in [6.07, 6.45) is 3.60. The van der Waals surface area contributed by atoms with Gasteiger partial charge < -0.3 is 14.6 Å². The number of aromatic nitrogens is 2. The standard InChI is InChI=1S/C21H32N4O3/c1-6-25(4)21(2,3)20(26)22-15-9-7-8-10-18-23-19(24-28-18)16-11-13-17(27-5)14-12-16/h11-14H,6-10,15H2,1-5H3,(H,22,26). The zero-order valence-corrected chi connectivity index (χ0v) is 17.6. The van der Waals surface area contributed by atoms with Crippen LogP contribution in [-0.2, 0) is 11.2 Å². The topological polar surface area (TPSA) is 80.5 Å². The van der Waals surface area contributed by atoms with E-state index in [0.29, 0.717) is 18.3 Å². The third-order valence-electron chi connectivity index (χ3n) is 5.15. The fraction of sp³-hybridized carbons (Fsp3) is 0.571. The summed E-state index contributed by atoms with van der Waals surface area (Å²) in [6, 6.07) is 7.57. The predicted molar refractivity (Wildman–Crippen MR) is 109 cm³/mol. The van der Waals surface area contributed by atoms with Crippen LogP contribution in [0.4, 0.5) is 0 Å². The molecule has 0 bridgehead atoms. The van der Waals surface area contributed by atoms with Crippen molar-refractivity contribution in [2.24, 2.45) is 0 Å². The Kier molecular flexibility index (Phi) is 7.99. The lowest BCUT2D eigenvalue weighted by atomic mass is 10.0. The number of nitrogens with zero attached hydrogens (tertiary/aromatic N) is 3. The first-order valence-electron chi connectivity index (χ1n) is 9.85. The van der Waals surface area contributed by atoms with Crippen LogP contribution in [0.15, 0.2) is 28.8 Å². The molecule has 154 valence electrons. The Morgan fingerprint density at radius 2 is 1.93 bits per heavy atom. The van der Waals surface area contributed by atoms with E-state index in [1.165, 1.54) is 0 Å². The number of carbonyl (C=O) groups is 1. The Morgan fingerprint density at radius 3 is 2.57 bits per heavy atom. The van der Waals surface area contributed by atoms with Gasteiger partial charge in [0.1, 0.15) is 5.75 Å². The molecule has 1 aromatic carbocycles. The van der Waals surface area contributed by atoms with E-state index in [9.17, 15) is 4.79 Å². The average Bonchev–Trinajstić information content (AvgIpc) is 3.18. The molecule has 1 heterocycles. The normalized spacial score (nSPS) is 11.6. The van der Waals surface area contributed by atoms with Gasteiger partial charge in [-0.1, -0.05) is 18.5 Å². The molecule has 28 heavy (non-hydrogen) atoms. The molecular formula is C21H32N4O3. The summed E-state index contributed by atoms with van der Waals surface area (Å²) in [5.41, 5.74) is 0.411. The number of carbonyl (C=O) groups excluding carboxylic acids is 1. The van der Waals surface area contributed by atoms with E-state index in [-0.39, 0.29) is 5.91 Å². The minimum atomic E-state index is -0.490. The van der Waals surface area contributed by atoms with Crippen molar-refractivity contribution >= 4 is 5.91 Å². The van der Waals surface area contributed by atoms with E-state index < -0.39 is 5.54 Å². The van der Waals surface area contributed by atoms with Gasteiger partial charge in [-0.15, -0.1) is 0 Å². The Balaban J connectivity index is 1.69. The van der Waals surface area contributed by atoms with Gasteiger partial charge in [0, 0.05) is 18.5 Å². The molecule has 2 rings (SSSR count). The molecule has 1 amide bonds. The van der Waals surface area contributed by atoms with Crippen LogP contribution < -0.4 is 10.1 Å². The number of benzene rings is 1. The highest BCUT2D eigenvalue weighted by atomic mass is 16.5. The SMILES string of the molecule is CCN(C)C(C)(C)C(=O)NCCCCCc1nc(-c2ccc(OC)cc2)no1. The highest BCUT2D eigenvalue weighted by Crippen LogP contribution is 2.20. The molecular weight excluding hydrogens is 356 g/mol. The molecule has 0 spiro atoms. The maximum atomic E-state index is 12.3. The van der Waals surface area contributed by atoms with Gasteiger partial charge in [0.25, 0.3) is 0 Å². The summed E-state index contributed by atoms with van der Waals surface area (Å²) < 4.78 is 10.5. The lowest BCUT2D eigenvalue weighted by Gasteiger charge is -2.33. The Labute approximate surface area is 167 Å². The summed E-state index contributed by atoms with van der Waals surface area (Å²) in [5.74, 6) is 2.09. The molecule has 1 N–H and O–H groups in total. The number of unbranched alkanes of at least 4 members (excludes halogenated alkanes) is 2. The molecule has 7 heteroatoms. The summed E-state index contributed by atoms with van der Waals surface area (Å²) >= 11 is 0. The second-order valence-corrected chi connectivity index (χ2v) is 7.38. The molecule has 0 atom stereocenters. The van der Waals surface area contributed by atoms with Crippen molar-refractivity contribution in [3.63, 3.8) is 0 Å². The molecule has 0 saturated heterocycles. The molecule has 0 radical (unpaired) electrons. The zero-order chi connectivity index (χ0) is 20.6. The first kappa shape index (κ1) is 21.9. The van der Waals surface area contributed by atoms with E-state index >= 15 is 0 Å². The molecule has 0 unspecified atom stereocenters. The third-order valence-corrected chi connectivity index (χ3v) is 5.15. The van der Waals surface area contributed by atoms with Gasteiger partial charge >= 0.3 is 0 Å². The van der Waals surface area contributed by atoms with Crippen LogP contribution in [0.2, 0.25) is 0 Å². The summed E-state index contributed by atoms with van der Waals surface area (Å²) in [5, 5.41) is 7.07. The molecule has 0 aliphatic carbocycles. The predicted octanol–water partition coefficient (Wildman–Crippen LogP) is 3.30. The monoisotopic (exact) mass is 388 g/mol. The van der Waals surface area contributed by atoms with Gasteiger partial charge in [-0.3, -0.25) is 9.69 Å². The first-order valence-corrected chi connectivity index (χ1v) is 9.85. The van der Waals surface area contributed by atoms with Crippen molar-refractivity contribution < 1.29 is 14.1 Å². The van der Waals surface area contributed by atoms with Crippen molar-refractivity contribution in [2.45, 2.75) is 52.0 Å². The molecule has 7 nitrogen and oxygen atoms in total. The molecule has 0 fully saturated rings. The van der Waals surface area contributed by atoms with Crippen molar-refractivity contribution in [1.82, 2.24) is 20.4 Å². The number of ether oxygens (including phenoxy) is 1. The summed E-state index contributed by atoms with van der Waals surface area (Å²) in [6.45, 7) is 7.46. The van der Waals surface area contributed by atoms with Crippen LogP contribution in [-0.4, -0.2) is 53.7 Å². The Bertz CT molecular complexity index is 740. The van der Waals surface area contributed by atoms with Gasteiger partial charge in [-0.25, -0.2) is 0 Å². The number of aryl methyl sites for hydroxylation is 1. The van der Waals surface area contributed by atoms with E-state index in [4.69, 9.17) is 9.26 Å². The maximum absolute atomic E-state index is 12.3. The molecule has 0 aliphatic rings. The van der Waals surface area contributed by atoms with Gasteiger partial charge in [0.15, 0.2) is 0 Å². The van der Waals surface area contributed by atoms with E-state index in [2.05, 4.69) is 15.5 Å². The molecule has 0 saturated carbocycles. The maximum Gasteiger partial charge on any atom is 0.239 e. The molecule has 1 aromatic heterocycles. The number of hydrogen-bond donors (Lipinski definition) is 1. The van der Waals surface area contributed by atoms with Crippen LogP contribution in [0, 0.1) is 0 Å². The first-order chi connectivity index (χ1) is 13.4. The van der Waals surface area contributed by atoms with Crippen LogP contribution in [0.25, 0.3) is 11.4 Å². The van der Waals surface area contributed by atoms with E-state index in [0.717, 1.165) is 43.5 Å². The van der Waals surface area contributed by atoms with Gasteiger partial charge in [0.2, 0.25) is 17.6 Å². The van der Waals surface area contributed by atoms with Crippen LogP contribution in [0.1, 0.15) is 45.9 Å². The van der Waals surface area contributed by atoms with Crippen molar-refractivity contribution in [2.75, 3.05) is 27.2 Å². The van der Waals surface area contributed by atoms with Crippen molar-refractivity contribution in [1.29, 1.82) is 0 Å². The van der Waals surface area contributed by atoms with Crippen LogP contribution in [0.3, 0.4) is 0 Å². The summed E-state index contributed by atoms with van der Waals surface area (Å²) in [4.78, 5) is 18.8. The highest BCUT2D eigenvalue weighted by Gasteiger charge is 2.30. The Morgan fingerprint density at radius 1 is 1.21 bits per heavy atom. The number of methoxy groups -OCH3 is 1. The number of likely N-dealkylation sites (N-methyl/N-ethyl adjacent to an activating group) is 1. The lowest BCUT2D eigenvalue weighted by molar-refractivity contribution is -0.130. The minimum Gasteiger partial charge on any atom is -0.497 e. The van der Waals surface area contributed by atoms with Gasteiger partial charge in [-0.2, -0.15) is 4.98 Å². The largest absolute Gasteiger partial charge is 0.497 e. The van der Waals surface area contributed by atoms with Crippen molar-refractivity contribution in [3.05, 3.63) is 30.2 Å². The number of nitrogens with one attached hydrogen (secondary N) is 1. The van der Waals surface area contributed by atoms with Gasteiger partial charge in [-0.05, 0) is 64.5 Å². The zero-order valence-electron chi connectivity index (χ0n) is 17.6. The van der Waals surface area contributed by atoms with Crippen LogP contribution in [0.5, 0.6) is 5.75 Å². The number of amides is 1. The average molecular weight is 389 g/mol. The lowest BCUT2D eigenvalue weighted by Crippen LogP contribution is -2.53. The van der Waals surface area contributed by atoms with Crippen LogP contribution >= 0.6 is 0 Å². The fourth-order valence-corrected chi connectivity index (χ4v) is 2.78. The highest BCUT2D eigenvalue weighted by molar-refractivity contribution is 5.85. The van der Waals surface area contributed by atoms with Gasteiger partial charge in [0.05, 0.1) is 12.6 Å². The number of hydrogen-bond acceptors (Lipinski definition) is 6. The quantitative estimate of drug-likeness (QED) is 0.595. The van der Waals surface area contributed by atoms with Crippen molar-refractivity contribution in [3.8, 4) is 17.1 Å². The van der Waals surface area contributed by atoms with E-state index in [1.54, 1.807) is 7.11 Å². The Hall–Kier alpha value is -2.41. The fourth-order valence-electron chi connectivity index (χ4n) is 2.78. The molecule has 2 aromatic rings. The minimum absolute atomic E-state index is 0.0675. The smallest absolute Gasteiger partial charge is 0.239 e. The second kappa shape index (κ2) is 10.2. The molecule has 0 aliphatic heterocycles. The third kappa shape index (κ3) is 5.79.